The van der Waals surface area contributed by atoms with Gasteiger partial charge in [-0.2, -0.15) is 0 Å². The smallest absolute Gasteiger partial charge is 0.335 e. The second-order valence-corrected chi connectivity index (χ2v) is 3.62. The maximum absolute atomic E-state index is 10.6. The molecule has 1 aromatic heterocycles. The highest BCUT2D eigenvalue weighted by Gasteiger charge is 2.30. The number of nitrogens with two attached hydrogens (primary N) is 1. The Kier molecular flexibility index (Phi) is 4.01. The molecule has 0 amide bonds. The zero-order valence-corrected chi connectivity index (χ0v) is 9.40. The van der Waals surface area contributed by atoms with Gasteiger partial charge < -0.3 is 21.1 Å². The molecule has 0 radical (unpaired) electrons. The average Bonchev–Trinajstić information content (AvgIpc) is 2.26. The Morgan fingerprint density at radius 1 is 1.56 bits per heavy atom. The Hall–Kier alpha value is -1.97. The predicted molar refractivity (Wildman–Crippen MR) is 58.9 cm³/mol. The van der Waals surface area contributed by atoms with Crippen LogP contribution in [-0.2, 0) is 4.79 Å². The van der Waals surface area contributed by atoms with Gasteiger partial charge in [0.05, 0.1) is 4.92 Å². The number of pyridine rings is 1. The van der Waals surface area contributed by atoms with Crippen LogP contribution in [0.1, 0.15) is 11.7 Å². The number of aliphatic hydroxyl groups excluding tert-OH is 2. The summed E-state index contributed by atoms with van der Waals surface area (Å²) in [5, 5.41) is 37.3. The van der Waals surface area contributed by atoms with Crippen molar-refractivity contribution in [1.82, 2.24) is 4.98 Å². The van der Waals surface area contributed by atoms with Crippen molar-refractivity contribution >= 4 is 29.1 Å². The van der Waals surface area contributed by atoms with Gasteiger partial charge in [-0.1, -0.05) is 11.6 Å². The fourth-order valence-electron chi connectivity index (χ4n) is 1.17. The van der Waals surface area contributed by atoms with Crippen LogP contribution in [0.15, 0.2) is 6.07 Å². The number of carboxylic acids is 1. The zero-order chi connectivity index (χ0) is 14.0. The Bertz CT molecular complexity index is 508. The third-order valence-corrected chi connectivity index (χ3v) is 2.38. The highest BCUT2D eigenvalue weighted by Crippen LogP contribution is 2.30. The summed E-state index contributed by atoms with van der Waals surface area (Å²) in [7, 11) is 0. The highest BCUT2D eigenvalue weighted by atomic mass is 35.5. The van der Waals surface area contributed by atoms with Crippen molar-refractivity contribution in [3.63, 3.8) is 0 Å². The molecule has 2 atom stereocenters. The van der Waals surface area contributed by atoms with E-state index < -0.39 is 45.3 Å². The number of nitro groups is 1. The first-order chi connectivity index (χ1) is 8.25. The molecule has 1 aromatic rings. The first-order valence-corrected chi connectivity index (χ1v) is 4.82. The Balaban J connectivity index is 3.28. The topological polar surface area (TPSA) is 160 Å². The van der Waals surface area contributed by atoms with Gasteiger partial charge in [0.25, 0.3) is 0 Å². The van der Waals surface area contributed by atoms with Crippen molar-refractivity contribution < 1.29 is 25.0 Å². The van der Waals surface area contributed by atoms with E-state index in [-0.39, 0.29) is 0 Å². The first-order valence-electron chi connectivity index (χ1n) is 4.45. The fraction of sp³-hybridized carbons (Fsp3) is 0.250. The molecule has 98 valence electrons. The molecule has 1 rings (SSSR count). The fourth-order valence-corrected chi connectivity index (χ4v) is 1.42. The molecular formula is C8H8ClN3O6. The number of hydrogen-bond acceptors (Lipinski definition) is 7. The van der Waals surface area contributed by atoms with Crippen molar-refractivity contribution in [3.05, 3.63) is 26.9 Å². The van der Waals surface area contributed by atoms with Crippen LogP contribution >= 0.6 is 11.6 Å². The zero-order valence-electron chi connectivity index (χ0n) is 8.65. The van der Waals surface area contributed by atoms with Crippen molar-refractivity contribution in [1.29, 1.82) is 0 Å². The van der Waals surface area contributed by atoms with Gasteiger partial charge in [-0.3, -0.25) is 10.1 Å². The normalized spacial score (nSPS) is 13.9. The minimum Gasteiger partial charge on any atom is -0.479 e. The second kappa shape index (κ2) is 5.12. The summed E-state index contributed by atoms with van der Waals surface area (Å²) in [5.74, 6) is -2.19. The molecule has 0 aliphatic carbocycles. The SMILES string of the molecule is Nc1nc(Cl)c(C(O)C(O)C(=O)O)cc1[N+](=O)[O-]. The maximum atomic E-state index is 10.6. The molecular weight excluding hydrogens is 270 g/mol. The van der Waals surface area contributed by atoms with E-state index in [4.69, 9.17) is 27.5 Å². The molecule has 10 heteroatoms. The molecule has 0 aliphatic rings. The van der Waals surface area contributed by atoms with Gasteiger partial charge in [-0.25, -0.2) is 9.78 Å². The monoisotopic (exact) mass is 277 g/mol. The average molecular weight is 278 g/mol. The first kappa shape index (κ1) is 14.1. The summed E-state index contributed by atoms with van der Waals surface area (Å²) in [5.41, 5.74) is 4.19. The van der Waals surface area contributed by atoms with Gasteiger partial charge in [0.1, 0.15) is 11.3 Å². The van der Waals surface area contributed by atoms with E-state index in [0.717, 1.165) is 6.07 Å². The van der Waals surface area contributed by atoms with Crippen LogP contribution in [0.25, 0.3) is 0 Å². The van der Waals surface area contributed by atoms with Gasteiger partial charge in [0.2, 0.25) is 5.82 Å². The van der Waals surface area contributed by atoms with Gasteiger partial charge in [0, 0.05) is 11.6 Å². The van der Waals surface area contributed by atoms with Crippen molar-refractivity contribution in [2.75, 3.05) is 5.73 Å². The highest BCUT2D eigenvalue weighted by molar-refractivity contribution is 6.30. The largest absolute Gasteiger partial charge is 0.479 e. The maximum Gasteiger partial charge on any atom is 0.335 e. The molecule has 9 nitrogen and oxygen atoms in total. The summed E-state index contributed by atoms with van der Waals surface area (Å²) >= 11 is 5.57. The number of halogens is 1. The molecule has 0 fully saturated rings. The molecule has 0 aliphatic heterocycles. The van der Waals surface area contributed by atoms with Crippen LogP contribution in [-0.4, -0.2) is 37.3 Å². The van der Waals surface area contributed by atoms with Gasteiger partial charge in [0.15, 0.2) is 6.10 Å². The van der Waals surface area contributed by atoms with Gasteiger partial charge >= 0.3 is 11.7 Å². The van der Waals surface area contributed by atoms with Crippen LogP contribution in [0.5, 0.6) is 0 Å². The molecule has 0 saturated heterocycles. The Labute approximate surface area is 105 Å². The molecule has 5 N–H and O–H groups in total. The molecule has 0 bridgehead atoms. The third kappa shape index (κ3) is 2.64. The van der Waals surface area contributed by atoms with E-state index in [0.29, 0.717) is 0 Å². The molecule has 1 heterocycles. The van der Waals surface area contributed by atoms with Crippen LogP contribution in [0.4, 0.5) is 11.5 Å². The Morgan fingerprint density at radius 2 is 2.11 bits per heavy atom. The summed E-state index contributed by atoms with van der Waals surface area (Å²) in [6.07, 6.45) is -4.14. The van der Waals surface area contributed by atoms with Crippen LogP contribution in [0.2, 0.25) is 5.15 Å². The van der Waals surface area contributed by atoms with E-state index in [1.807, 2.05) is 0 Å². The van der Waals surface area contributed by atoms with Gasteiger partial charge in [-0.05, 0) is 0 Å². The lowest BCUT2D eigenvalue weighted by Crippen LogP contribution is -2.28. The molecule has 0 spiro atoms. The number of anilines is 1. The van der Waals surface area contributed by atoms with Gasteiger partial charge in [-0.15, -0.1) is 0 Å². The van der Waals surface area contributed by atoms with E-state index in [9.17, 15) is 20.0 Å². The second-order valence-electron chi connectivity index (χ2n) is 3.26. The lowest BCUT2D eigenvalue weighted by molar-refractivity contribution is -0.384. The predicted octanol–water partition coefficient (Wildman–Crippen LogP) is -0.296. The summed E-state index contributed by atoms with van der Waals surface area (Å²) in [6, 6.07) is 0.765. The molecule has 2 unspecified atom stereocenters. The van der Waals surface area contributed by atoms with E-state index in [1.165, 1.54) is 0 Å². The number of aliphatic carboxylic acids is 1. The Morgan fingerprint density at radius 3 is 2.56 bits per heavy atom. The number of nitrogen functional groups attached to an aromatic ring is 1. The number of hydrogen-bond donors (Lipinski definition) is 4. The summed E-state index contributed by atoms with van der Waals surface area (Å²) in [4.78, 5) is 23.6. The van der Waals surface area contributed by atoms with E-state index in [1.54, 1.807) is 0 Å². The number of carbonyl (C=O) groups is 1. The number of nitrogens with zero attached hydrogens (tertiary/aromatic N) is 2. The number of carboxylic acid groups (broad SMARTS) is 1. The minimum atomic E-state index is -2.19. The lowest BCUT2D eigenvalue weighted by Gasteiger charge is -2.15. The molecule has 0 saturated carbocycles. The van der Waals surface area contributed by atoms with Crippen molar-refractivity contribution in [2.24, 2.45) is 0 Å². The summed E-state index contributed by atoms with van der Waals surface area (Å²) < 4.78 is 0. The minimum absolute atomic E-state index is 0.396. The van der Waals surface area contributed by atoms with Crippen LogP contribution in [0, 0.1) is 10.1 Å². The number of aromatic nitrogens is 1. The van der Waals surface area contributed by atoms with E-state index in [2.05, 4.69) is 4.98 Å². The molecule has 0 aromatic carbocycles. The number of aliphatic hydroxyl groups is 2. The standard InChI is InChI=1S/C8H8ClN3O6/c9-6-2(4(13)5(14)8(15)16)1-3(12(17)18)7(10)11-6/h1,4-5,13-14H,(H2,10,11)(H,15,16). The third-order valence-electron chi connectivity index (χ3n) is 2.08. The molecule has 18 heavy (non-hydrogen) atoms. The van der Waals surface area contributed by atoms with Crippen LogP contribution < -0.4 is 5.73 Å². The quantitative estimate of drug-likeness (QED) is 0.331. The lowest BCUT2D eigenvalue weighted by atomic mass is 10.1. The van der Waals surface area contributed by atoms with Crippen molar-refractivity contribution in [2.45, 2.75) is 12.2 Å². The van der Waals surface area contributed by atoms with Crippen molar-refractivity contribution in [3.8, 4) is 0 Å². The van der Waals surface area contributed by atoms with Crippen LogP contribution in [0.3, 0.4) is 0 Å². The van der Waals surface area contributed by atoms with E-state index >= 15 is 0 Å². The number of rotatable bonds is 4. The summed E-state index contributed by atoms with van der Waals surface area (Å²) in [6.45, 7) is 0.